The van der Waals surface area contributed by atoms with E-state index in [9.17, 15) is 14.0 Å². The van der Waals surface area contributed by atoms with E-state index in [0.29, 0.717) is 0 Å². The zero-order valence-electron chi connectivity index (χ0n) is 11.3. The molecule has 19 heavy (non-hydrogen) atoms. The van der Waals surface area contributed by atoms with Gasteiger partial charge in [0, 0.05) is 12.0 Å². The Morgan fingerprint density at radius 1 is 1.26 bits per heavy atom. The molecule has 0 aromatic heterocycles. The maximum atomic E-state index is 12.9. The highest BCUT2D eigenvalue weighted by Crippen LogP contribution is 2.09. The first-order valence-corrected chi connectivity index (χ1v) is 6.00. The lowest BCUT2D eigenvalue weighted by atomic mass is 10.1. The van der Waals surface area contributed by atoms with Gasteiger partial charge < -0.3 is 10.1 Å². The molecule has 0 saturated carbocycles. The summed E-state index contributed by atoms with van der Waals surface area (Å²) in [6.45, 7) is 5.28. The van der Waals surface area contributed by atoms with Crippen molar-refractivity contribution in [1.29, 1.82) is 0 Å². The van der Waals surface area contributed by atoms with Gasteiger partial charge in [0.15, 0.2) is 6.10 Å². The van der Waals surface area contributed by atoms with Crippen LogP contribution in [0, 0.1) is 0 Å². The Kier molecular flexibility index (Phi) is 5.03. The van der Waals surface area contributed by atoms with Crippen molar-refractivity contribution in [2.24, 2.45) is 0 Å². The summed E-state index contributed by atoms with van der Waals surface area (Å²) in [4.78, 5) is 22.4. The van der Waals surface area contributed by atoms with Crippen molar-refractivity contribution in [1.82, 2.24) is 5.32 Å². The van der Waals surface area contributed by atoms with Gasteiger partial charge in [-0.2, -0.15) is 4.39 Å². The van der Waals surface area contributed by atoms with E-state index in [2.05, 4.69) is 5.32 Å². The van der Waals surface area contributed by atoms with Crippen molar-refractivity contribution < 1.29 is 18.7 Å². The normalized spacial score (nSPS) is 12.6. The summed E-state index contributed by atoms with van der Waals surface area (Å²) in [6, 6.07) is 7.16. The number of carbonyl (C=O) groups excluding carboxylic acids is 2. The Morgan fingerprint density at radius 3 is 2.32 bits per heavy atom. The lowest BCUT2D eigenvalue weighted by Gasteiger charge is -2.22. The maximum Gasteiger partial charge on any atom is 0.408 e. The molecule has 1 N–H and O–H groups in total. The van der Waals surface area contributed by atoms with E-state index < -0.39 is 23.8 Å². The third kappa shape index (κ3) is 5.99. The predicted molar refractivity (Wildman–Crippen MR) is 69.4 cm³/mol. The van der Waals surface area contributed by atoms with Gasteiger partial charge >= 0.3 is 12.1 Å². The van der Waals surface area contributed by atoms with Gasteiger partial charge in [0.1, 0.15) is 0 Å². The van der Waals surface area contributed by atoms with Gasteiger partial charge in [-0.25, -0.2) is 4.79 Å². The number of carbonyl (C=O) groups is 2. The number of nitrogens with one attached hydrogen (secondary N) is 1. The van der Waals surface area contributed by atoms with E-state index >= 15 is 0 Å². The molecule has 0 aliphatic heterocycles. The number of hydrogen-bond donors (Lipinski definition) is 1. The Labute approximate surface area is 112 Å². The second-order valence-electron chi connectivity index (χ2n) is 5.26. The Bertz CT molecular complexity index is 440. The Balaban J connectivity index is 2.64. The molecule has 0 fully saturated rings. The van der Waals surface area contributed by atoms with E-state index in [0.717, 1.165) is 5.56 Å². The van der Waals surface area contributed by atoms with Crippen molar-refractivity contribution in [3.8, 4) is 0 Å². The molecule has 0 bridgehead atoms. The highest BCUT2D eigenvalue weighted by Gasteiger charge is 2.25. The van der Waals surface area contributed by atoms with Crippen LogP contribution in [0.3, 0.4) is 0 Å². The van der Waals surface area contributed by atoms with Gasteiger partial charge in [-0.1, -0.05) is 30.3 Å². The molecule has 1 amide bonds. The van der Waals surface area contributed by atoms with Gasteiger partial charge in [-0.3, -0.25) is 4.79 Å². The Hall–Kier alpha value is -1.91. The topological polar surface area (TPSA) is 55.4 Å². The summed E-state index contributed by atoms with van der Waals surface area (Å²) in [6.07, 6.45) is -2.20. The standard InChI is InChI=1S/C14H18FNO3/c1-14(2,3)16-13(18)19-11(12(15)17)9-10-7-5-4-6-8-10/h4-8,11H,9H2,1-3H3,(H,16,18)/t11-/m0/s1. The lowest BCUT2D eigenvalue weighted by Crippen LogP contribution is -2.43. The average Bonchev–Trinajstić information content (AvgIpc) is 2.26. The first-order valence-electron chi connectivity index (χ1n) is 6.00. The van der Waals surface area contributed by atoms with Crippen LogP contribution in [0.2, 0.25) is 0 Å². The fourth-order valence-electron chi connectivity index (χ4n) is 1.46. The van der Waals surface area contributed by atoms with Gasteiger partial charge in [0.05, 0.1) is 0 Å². The highest BCUT2D eigenvalue weighted by molar-refractivity contribution is 5.78. The van der Waals surface area contributed by atoms with E-state index in [1.165, 1.54) is 0 Å². The van der Waals surface area contributed by atoms with E-state index in [4.69, 9.17) is 4.74 Å². The molecular weight excluding hydrogens is 249 g/mol. The summed E-state index contributed by atoms with van der Waals surface area (Å²) < 4.78 is 17.7. The van der Waals surface area contributed by atoms with Crippen LogP contribution < -0.4 is 5.32 Å². The minimum Gasteiger partial charge on any atom is -0.435 e. The first kappa shape index (κ1) is 15.1. The van der Waals surface area contributed by atoms with Crippen LogP contribution in [0.5, 0.6) is 0 Å². The van der Waals surface area contributed by atoms with Crippen LogP contribution in [-0.4, -0.2) is 23.8 Å². The fraction of sp³-hybridized carbons (Fsp3) is 0.429. The minimum atomic E-state index is -1.66. The molecule has 0 heterocycles. The van der Waals surface area contributed by atoms with Crippen molar-refractivity contribution in [3.63, 3.8) is 0 Å². The van der Waals surface area contributed by atoms with Crippen LogP contribution in [0.15, 0.2) is 30.3 Å². The van der Waals surface area contributed by atoms with Crippen LogP contribution >= 0.6 is 0 Å². The molecule has 0 radical (unpaired) electrons. The van der Waals surface area contributed by atoms with Crippen LogP contribution in [-0.2, 0) is 16.0 Å². The minimum absolute atomic E-state index is 0.0216. The molecule has 1 aromatic carbocycles. The van der Waals surface area contributed by atoms with Gasteiger partial charge in [0.2, 0.25) is 0 Å². The number of halogens is 1. The zero-order chi connectivity index (χ0) is 14.5. The van der Waals surface area contributed by atoms with E-state index in [-0.39, 0.29) is 6.42 Å². The molecule has 0 saturated heterocycles. The van der Waals surface area contributed by atoms with Gasteiger partial charge in [0.25, 0.3) is 0 Å². The highest BCUT2D eigenvalue weighted by atomic mass is 19.1. The first-order chi connectivity index (χ1) is 8.78. The lowest BCUT2D eigenvalue weighted by molar-refractivity contribution is -0.138. The molecule has 0 aliphatic carbocycles. The monoisotopic (exact) mass is 267 g/mol. The second kappa shape index (κ2) is 6.31. The summed E-state index contributed by atoms with van der Waals surface area (Å²) in [5, 5.41) is 2.51. The molecule has 0 aliphatic rings. The number of alkyl carbamates (subject to hydrolysis) is 1. The third-order valence-electron chi connectivity index (χ3n) is 2.24. The van der Waals surface area contributed by atoms with Crippen LogP contribution in [0.25, 0.3) is 0 Å². The van der Waals surface area contributed by atoms with Crippen LogP contribution in [0.1, 0.15) is 26.3 Å². The van der Waals surface area contributed by atoms with Gasteiger partial charge in [-0.15, -0.1) is 0 Å². The second-order valence-corrected chi connectivity index (χ2v) is 5.26. The van der Waals surface area contributed by atoms with Gasteiger partial charge in [-0.05, 0) is 26.3 Å². The number of rotatable bonds is 4. The molecule has 1 rings (SSSR count). The molecule has 104 valence electrons. The summed E-state index contributed by atoms with van der Waals surface area (Å²) >= 11 is 0. The molecule has 4 nitrogen and oxygen atoms in total. The van der Waals surface area contributed by atoms with Crippen molar-refractivity contribution in [2.45, 2.75) is 38.8 Å². The summed E-state index contributed by atoms with van der Waals surface area (Å²) in [5.74, 6) is 0. The zero-order valence-corrected chi connectivity index (χ0v) is 11.3. The van der Waals surface area contributed by atoms with Crippen molar-refractivity contribution in [2.75, 3.05) is 0 Å². The predicted octanol–water partition coefficient (Wildman–Crippen LogP) is 2.62. The summed E-state index contributed by atoms with van der Waals surface area (Å²) in [7, 11) is 0. The number of hydrogen-bond acceptors (Lipinski definition) is 3. The largest absolute Gasteiger partial charge is 0.435 e. The average molecular weight is 267 g/mol. The number of benzene rings is 1. The van der Waals surface area contributed by atoms with Crippen LogP contribution in [0.4, 0.5) is 9.18 Å². The molecule has 0 spiro atoms. The van der Waals surface area contributed by atoms with Crippen molar-refractivity contribution >= 4 is 12.1 Å². The molecule has 0 unspecified atom stereocenters. The maximum absolute atomic E-state index is 12.9. The quantitative estimate of drug-likeness (QED) is 0.853. The number of ether oxygens (including phenoxy) is 1. The number of amides is 1. The fourth-order valence-corrected chi connectivity index (χ4v) is 1.46. The molecule has 1 aromatic rings. The smallest absolute Gasteiger partial charge is 0.408 e. The Morgan fingerprint density at radius 2 is 1.84 bits per heavy atom. The van der Waals surface area contributed by atoms with E-state index in [1.54, 1.807) is 45.0 Å². The molecular formula is C14H18FNO3. The molecule has 5 heteroatoms. The third-order valence-corrected chi connectivity index (χ3v) is 2.24. The van der Waals surface area contributed by atoms with Crippen molar-refractivity contribution in [3.05, 3.63) is 35.9 Å². The molecule has 1 atom stereocenters. The SMILES string of the molecule is CC(C)(C)NC(=O)O[C@@H](Cc1ccccc1)C(=O)F. The van der Waals surface area contributed by atoms with E-state index in [1.807, 2.05) is 6.07 Å². The summed E-state index contributed by atoms with van der Waals surface area (Å²) in [5.41, 5.74) is 0.218.